The first-order chi connectivity index (χ1) is 17.1. The Hall–Kier alpha value is -2.47. The smallest absolute Gasteiger partial charge is 0.279 e. The van der Waals surface area contributed by atoms with Crippen LogP contribution in [0.15, 0.2) is 46.3 Å². The number of aromatic nitrogens is 1. The van der Waals surface area contributed by atoms with Gasteiger partial charge in [-0.15, -0.1) is 0 Å². The van der Waals surface area contributed by atoms with E-state index in [1.807, 2.05) is 20.8 Å². The maximum atomic E-state index is 14.6. The van der Waals surface area contributed by atoms with Crippen molar-refractivity contribution in [3.05, 3.63) is 58.4 Å². The van der Waals surface area contributed by atoms with Crippen LogP contribution in [0.4, 0.5) is 8.78 Å². The number of nitrogens with zero attached hydrogens (tertiary/aromatic N) is 3. The summed E-state index contributed by atoms with van der Waals surface area (Å²) in [6.45, 7) is 7.80. The van der Waals surface area contributed by atoms with Crippen molar-refractivity contribution < 1.29 is 26.7 Å². The van der Waals surface area contributed by atoms with Crippen LogP contribution in [0.3, 0.4) is 0 Å². The summed E-state index contributed by atoms with van der Waals surface area (Å²) in [7, 11) is -3.68. The van der Waals surface area contributed by atoms with Gasteiger partial charge in [0.25, 0.3) is 5.91 Å². The highest BCUT2D eigenvalue weighted by atomic mass is 32.2. The number of benzene rings is 2. The van der Waals surface area contributed by atoms with E-state index >= 15 is 0 Å². The molecule has 0 bridgehead atoms. The minimum atomic E-state index is -3.68. The molecule has 0 N–H and O–H groups in total. The number of hydrogen-bond acceptors (Lipinski definition) is 5. The molecule has 0 radical (unpaired) electrons. The minimum absolute atomic E-state index is 0.117. The Balaban J connectivity index is 1.65. The largest absolute Gasteiger partial charge is 0.380 e. The Labute approximate surface area is 213 Å². The average Bonchev–Trinajstić information content (AvgIpc) is 3.15. The monoisotopic (exact) mass is 537 g/mol. The first-order valence-corrected chi connectivity index (χ1v) is 14.1. The normalized spacial score (nSPS) is 19.8. The third kappa shape index (κ3) is 5.59. The number of fused-ring (bicyclic) bond motifs is 1. The van der Waals surface area contributed by atoms with Gasteiger partial charge in [0.05, 0.1) is 21.7 Å². The van der Waals surface area contributed by atoms with E-state index in [0.717, 1.165) is 23.8 Å². The molecule has 0 aliphatic carbocycles. The molecule has 0 saturated carbocycles. The molecule has 2 unspecified atom stereocenters. The molecule has 7 nitrogen and oxygen atoms in total. The van der Waals surface area contributed by atoms with Gasteiger partial charge >= 0.3 is 0 Å². The number of piperidine rings is 1. The summed E-state index contributed by atoms with van der Waals surface area (Å²) in [4.78, 5) is 17.4. The Morgan fingerprint density at radius 3 is 2.44 bits per heavy atom. The second-order valence-electron chi connectivity index (χ2n) is 9.18. The van der Waals surface area contributed by atoms with Crippen molar-refractivity contribution >= 4 is 37.5 Å². The minimum Gasteiger partial charge on any atom is -0.380 e. The summed E-state index contributed by atoms with van der Waals surface area (Å²) in [5.74, 6) is -1.53. The van der Waals surface area contributed by atoms with Crippen molar-refractivity contribution in [1.29, 1.82) is 0 Å². The van der Waals surface area contributed by atoms with Gasteiger partial charge in [0.1, 0.15) is 5.82 Å². The number of carbonyl (C=O) groups excluding carboxylic acids is 1. The van der Waals surface area contributed by atoms with E-state index in [4.69, 9.17) is 4.74 Å². The fraction of sp³-hybridized carbons (Fsp3) is 0.440. The Bertz CT molecular complexity index is 1420. The van der Waals surface area contributed by atoms with Crippen molar-refractivity contribution in [2.45, 2.75) is 38.6 Å². The van der Waals surface area contributed by atoms with Crippen molar-refractivity contribution in [3.63, 3.8) is 0 Å². The molecule has 1 aromatic heterocycles. The number of halogens is 2. The summed E-state index contributed by atoms with van der Waals surface area (Å²) in [5, 5.41) is 0. The highest BCUT2D eigenvalue weighted by Crippen LogP contribution is 2.27. The molecule has 1 fully saturated rings. The average molecular weight is 538 g/mol. The number of sulfonamides is 1. The van der Waals surface area contributed by atoms with Gasteiger partial charge in [-0.05, 0) is 55.5 Å². The lowest BCUT2D eigenvalue weighted by Gasteiger charge is -2.34. The van der Waals surface area contributed by atoms with Crippen LogP contribution in [0, 0.1) is 23.5 Å². The molecule has 2 atom stereocenters. The second kappa shape index (κ2) is 10.9. The van der Waals surface area contributed by atoms with Gasteiger partial charge in [-0.3, -0.25) is 4.79 Å². The van der Waals surface area contributed by atoms with Gasteiger partial charge in [0.15, 0.2) is 10.6 Å². The summed E-state index contributed by atoms with van der Waals surface area (Å²) in [6, 6.07) is 7.66. The van der Waals surface area contributed by atoms with E-state index in [-0.39, 0.29) is 45.8 Å². The number of rotatable bonds is 7. The van der Waals surface area contributed by atoms with Gasteiger partial charge in [0.2, 0.25) is 10.0 Å². The standard InChI is InChI=1S/C25H29F2N3O4S2/c1-4-34-10-9-30-23-21(27)12-19(26)13-22(23)35-25(30)28-24(31)18-5-7-20(8-6-18)36(32,33)29-14-16(2)11-17(3)15-29/h5-8,12-13,16-17H,4,9-11,14-15H2,1-3H3. The van der Waals surface area contributed by atoms with Crippen molar-refractivity contribution in [1.82, 2.24) is 8.87 Å². The van der Waals surface area contributed by atoms with E-state index in [9.17, 15) is 22.0 Å². The molecule has 36 heavy (non-hydrogen) atoms. The summed E-state index contributed by atoms with van der Waals surface area (Å²) in [5.41, 5.74) is 0.342. The van der Waals surface area contributed by atoms with Crippen LogP contribution >= 0.6 is 11.3 Å². The van der Waals surface area contributed by atoms with Crippen molar-refractivity contribution in [2.75, 3.05) is 26.3 Å². The van der Waals surface area contributed by atoms with Gasteiger partial charge in [0, 0.05) is 37.9 Å². The molecule has 2 aromatic carbocycles. The summed E-state index contributed by atoms with van der Waals surface area (Å²) >= 11 is 0.997. The predicted molar refractivity (Wildman–Crippen MR) is 134 cm³/mol. The first kappa shape index (κ1) is 26.6. The summed E-state index contributed by atoms with van der Waals surface area (Å²) in [6.07, 6.45) is 0.986. The molecule has 2 heterocycles. The molecular weight excluding hydrogens is 508 g/mol. The lowest BCUT2D eigenvalue weighted by molar-refractivity contribution is 0.0996. The SMILES string of the molecule is CCOCCn1c(=NC(=O)c2ccc(S(=O)(=O)N3CC(C)CC(C)C3)cc2)sc2cc(F)cc(F)c21. The molecule has 1 aliphatic rings. The molecule has 1 aliphatic heterocycles. The quantitative estimate of drug-likeness (QED) is 0.418. The number of amides is 1. The van der Waals surface area contributed by atoms with E-state index in [1.54, 1.807) is 0 Å². The van der Waals surface area contributed by atoms with Crippen LogP contribution in [0.1, 0.15) is 37.6 Å². The zero-order chi connectivity index (χ0) is 26.0. The van der Waals surface area contributed by atoms with Crippen LogP contribution < -0.4 is 4.80 Å². The molecule has 11 heteroatoms. The van der Waals surface area contributed by atoms with Crippen LogP contribution in [-0.2, 0) is 21.3 Å². The lowest BCUT2D eigenvalue weighted by atomic mass is 9.94. The van der Waals surface area contributed by atoms with Gasteiger partial charge in [-0.1, -0.05) is 25.2 Å². The fourth-order valence-electron chi connectivity index (χ4n) is 4.59. The number of carbonyl (C=O) groups is 1. The van der Waals surface area contributed by atoms with E-state index in [0.29, 0.717) is 24.4 Å². The number of hydrogen-bond donors (Lipinski definition) is 0. The van der Waals surface area contributed by atoms with Crippen molar-refractivity contribution in [3.8, 4) is 0 Å². The third-order valence-electron chi connectivity index (χ3n) is 6.13. The predicted octanol–water partition coefficient (Wildman–Crippen LogP) is 4.43. The Morgan fingerprint density at radius 2 is 1.81 bits per heavy atom. The molecule has 3 aromatic rings. The molecular formula is C25H29F2N3O4S2. The van der Waals surface area contributed by atoms with E-state index in [2.05, 4.69) is 4.99 Å². The Morgan fingerprint density at radius 1 is 1.14 bits per heavy atom. The highest BCUT2D eigenvalue weighted by molar-refractivity contribution is 7.89. The molecule has 1 amide bonds. The maximum absolute atomic E-state index is 14.6. The Kier molecular flexibility index (Phi) is 8.03. The maximum Gasteiger partial charge on any atom is 0.279 e. The van der Waals surface area contributed by atoms with Gasteiger partial charge in [-0.25, -0.2) is 17.2 Å². The first-order valence-electron chi connectivity index (χ1n) is 11.9. The molecule has 4 rings (SSSR count). The van der Waals surface area contributed by atoms with Crippen LogP contribution in [-0.4, -0.2) is 49.5 Å². The van der Waals surface area contributed by atoms with Crippen LogP contribution in [0.2, 0.25) is 0 Å². The van der Waals surface area contributed by atoms with Crippen molar-refractivity contribution in [2.24, 2.45) is 16.8 Å². The van der Waals surface area contributed by atoms with Gasteiger partial charge < -0.3 is 9.30 Å². The van der Waals surface area contributed by atoms with Crippen LogP contribution in [0.25, 0.3) is 10.2 Å². The number of ether oxygens (including phenoxy) is 1. The van der Waals surface area contributed by atoms with Crippen LogP contribution in [0.5, 0.6) is 0 Å². The highest BCUT2D eigenvalue weighted by Gasteiger charge is 2.31. The van der Waals surface area contributed by atoms with E-state index in [1.165, 1.54) is 39.2 Å². The van der Waals surface area contributed by atoms with Gasteiger partial charge in [-0.2, -0.15) is 9.30 Å². The zero-order valence-corrected chi connectivity index (χ0v) is 22.0. The molecule has 0 spiro atoms. The third-order valence-corrected chi connectivity index (χ3v) is 9.00. The zero-order valence-electron chi connectivity index (χ0n) is 20.4. The number of thiazole rings is 1. The molecule has 1 saturated heterocycles. The summed E-state index contributed by atoms with van der Waals surface area (Å²) < 4.78 is 63.3. The lowest BCUT2D eigenvalue weighted by Crippen LogP contribution is -2.42. The topological polar surface area (TPSA) is 81.0 Å². The fourth-order valence-corrected chi connectivity index (χ4v) is 7.37. The second-order valence-corrected chi connectivity index (χ2v) is 12.1. The van der Waals surface area contributed by atoms with E-state index < -0.39 is 27.6 Å². The molecule has 194 valence electrons.